The number of amides is 1. The molecule has 2 unspecified atom stereocenters. The average Bonchev–Trinajstić information content (AvgIpc) is 2.87. The maximum atomic E-state index is 12.5. The highest BCUT2D eigenvalue weighted by molar-refractivity contribution is 9.10. The van der Waals surface area contributed by atoms with E-state index in [0.717, 1.165) is 22.4 Å². The minimum atomic E-state index is -0.154. The first-order valence-electron chi connectivity index (χ1n) is 7.11. The van der Waals surface area contributed by atoms with Crippen LogP contribution in [-0.4, -0.2) is 45.8 Å². The number of hydrogen-bond donors (Lipinski definition) is 2. The van der Waals surface area contributed by atoms with Crippen molar-refractivity contribution < 1.29 is 9.53 Å². The summed E-state index contributed by atoms with van der Waals surface area (Å²) in [5.74, 6) is -0.154. The molecule has 0 aliphatic carbocycles. The van der Waals surface area contributed by atoms with Crippen LogP contribution < -0.4 is 15.5 Å². The van der Waals surface area contributed by atoms with Crippen LogP contribution in [0.2, 0.25) is 0 Å². The minimum absolute atomic E-state index is 0.000324. The van der Waals surface area contributed by atoms with Crippen molar-refractivity contribution in [1.82, 2.24) is 5.32 Å². The Kier molecular flexibility index (Phi) is 5.61. The number of ether oxygens (including phenoxy) is 1. The van der Waals surface area contributed by atoms with Gasteiger partial charge in [0.15, 0.2) is 0 Å². The molecule has 1 aromatic carbocycles. The van der Waals surface area contributed by atoms with Crippen molar-refractivity contribution in [3.05, 3.63) is 22.7 Å². The topological polar surface area (TPSA) is 53.6 Å². The van der Waals surface area contributed by atoms with Crippen molar-refractivity contribution in [3.63, 3.8) is 0 Å². The molecule has 2 rings (SSSR count). The molecule has 1 fully saturated rings. The molecule has 1 heterocycles. The van der Waals surface area contributed by atoms with Crippen LogP contribution in [0.25, 0.3) is 0 Å². The average molecular weight is 356 g/mol. The van der Waals surface area contributed by atoms with Gasteiger partial charge in [0.2, 0.25) is 5.91 Å². The van der Waals surface area contributed by atoms with E-state index in [0.29, 0.717) is 13.2 Å². The first-order chi connectivity index (χ1) is 10.0. The monoisotopic (exact) mass is 355 g/mol. The third-order valence-corrected chi connectivity index (χ3v) is 4.08. The van der Waals surface area contributed by atoms with Gasteiger partial charge in [-0.2, -0.15) is 0 Å². The van der Waals surface area contributed by atoms with Crippen molar-refractivity contribution in [2.45, 2.75) is 13.0 Å². The number of carbonyl (C=O) groups excluding carboxylic acids is 1. The van der Waals surface area contributed by atoms with Gasteiger partial charge in [0.25, 0.3) is 0 Å². The molecule has 5 nitrogen and oxygen atoms in total. The molecule has 2 N–H and O–H groups in total. The Labute approximate surface area is 134 Å². The van der Waals surface area contributed by atoms with Crippen LogP contribution >= 0.6 is 15.9 Å². The van der Waals surface area contributed by atoms with Crippen molar-refractivity contribution in [1.29, 1.82) is 0 Å². The molecule has 1 saturated heterocycles. The Morgan fingerprint density at radius 3 is 2.86 bits per heavy atom. The van der Waals surface area contributed by atoms with E-state index in [-0.39, 0.29) is 17.9 Å². The molecule has 0 bridgehead atoms. The zero-order chi connectivity index (χ0) is 15.4. The Morgan fingerprint density at radius 1 is 1.43 bits per heavy atom. The molecular formula is C15H22BrN3O2. The number of rotatable bonds is 5. The zero-order valence-corrected chi connectivity index (χ0v) is 14.2. The fourth-order valence-corrected chi connectivity index (χ4v) is 2.86. The number of nitrogens with one attached hydrogen (secondary N) is 2. The van der Waals surface area contributed by atoms with E-state index >= 15 is 0 Å². The first kappa shape index (κ1) is 16.3. The summed E-state index contributed by atoms with van der Waals surface area (Å²) in [6.07, 6.45) is 0. The van der Waals surface area contributed by atoms with Gasteiger partial charge in [-0.25, -0.2) is 0 Å². The number of likely N-dealkylation sites (N-methyl/N-ethyl adjacent to an activating group) is 1. The molecule has 1 aromatic rings. The standard InChI is InChI=1S/C15H22BrN3O2/c1-4-17-13-9-21-8-11(13)15(20)18-12-7-10(16)5-6-14(12)19(2)3/h5-7,11,13,17H,4,8-9H2,1-3H3,(H,18,20). The molecule has 0 aromatic heterocycles. The van der Waals surface area contributed by atoms with Gasteiger partial charge in [-0.3, -0.25) is 4.79 Å². The van der Waals surface area contributed by atoms with E-state index in [1.807, 2.05) is 44.1 Å². The molecule has 21 heavy (non-hydrogen) atoms. The Hall–Kier alpha value is -1.11. The normalized spacial score (nSPS) is 21.3. The number of nitrogens with zero attached hydrogens (tertiary/aromatic N) is 1. The van der Waals surface area contributed by atoms with Crippen molar-refractivity contribution in [2.24, 2.45) is 5.92 Å². The highest BCUT2D eigenvalue weighted by Crippen LogP contribution is 2.29. The molecule has 6 heteroatoms. The molecule has 0 saturated carbocycles. The molecule has 0 spiro atoms. The number of halogens is 1. The molecular weight excluding hydrogens is 334 g/mol. The zero-order valence-electron chi connectivity index (χ0n) is 12.6. The summed E-state index contributed by atoms with van der Waals surface area (Å²) in [6, 6.07) is 5.95. The predicted octanol–water partition coefficient (Wildman–Crippen LogP) is 2.08. The van der Waals surface area contributed by atoms with Crippen LogP contribution in [0.15, 0.2) is 22.7 Å². The molecule has 1 aliphatic rings. The summed E-state index contributed by atoms with van der Waals surface area (Å²) in [5.41, 5.74) is 1.78. The third-order valence-electron chi connectivity index (χ3n) is 3.58. The van der Waals surface area contributed by atoms with E-state index < -0.39 is 0 Å². The van der Waals surface area contributed by atoms with E-state index in [4.69, 9.17) is 4.74 Å². The van der Waals surface area contributed by atoms with Gasteiger partial charge in [0, 0.05) is 24.6 Å². The molecule has 2 atom stereocenters. The minimum Gasteiger partial charge on any atom is -0.379 e. The fourth-order valence-electron chi connectivity index (χ4n) is 2.50. The number of hydrogen-bond acceptors (Lipinski definition) is 4. The van der Waals surface area contributed by atoms with Crippen LogP contribution in [0.4, 0.5) is 11.4 Å². The predicted molar refractivity (Wildman–Crippen MR) is 88.9 cm³/mol. The van der Waals surface area contributed by atoms with Gasteiger partial charge in [-0.05, 0) is 24.7 Å². The summed E-state index contributed by atoms with van der Waals surface area (Å²) in [7, 11) is 3.91. The molecule has 0 radical (unpaired) electrons. The van der Waals surface area contributed by atoms with Gasteiger partial charge < -0.3 is 20.3 Å². The van der Waals surface area contributed by atoms with Crippen molar-refractivity contribution >= 4 is 33.2 Å². The van der Waals surface area contributed by atoms with Crippen LogP contribution in [0.1, 0.15) is 6.92 Å². The number of benzene rings is 1. The van der Waals surface area contributed by atoms with Gasteiger partial charge in [0.1, 0.15) is 0 Å². The smallest absolute Gasteiger partial charge is 0.231 e. The quantitative estimate of drug-likeness (QED) is 0.848. The second-order valence-corrected chi connectivity index (χ2v) is 6.27. The molecule has 1 aliphatic heterocycles. The second-order valence-electron chi connectivity index (χ2n) is 5.35. The van der Waals surface area contributed by atoms with Crippen molar-refractivity contribution in [2.75, 3.05) is 44.1 Å². The highest BCUT2D eigenvalue weighted by Gasteiger charge is 2.33. The Bertz CT molecular complexity index is 508. The van der Waals surface area contributed by atoms with Gasteiger partial charge >= 0.3 is 0 Å². The van der Waals surface area contributed by atoms with Crippen LogP contribution in [0.3, 0.4) is 0 Å². The summed E-state index contributed by atoms with van der Waals surface area (Å²) in [5, 5.41) is 6.34. The van der Waals surface area contributed by atoms with Crippen LogP contribution in [-0.2, 0) is 9.53 Å². The van der Waals surface area contributed by atoms with Crippen LogP contribution in [0.5, 0.6) is 0 Å². The Morgan fingerprint density at radius 2 is 2.19 bits per heavy atom. The van der Waals surface area contributed by atoms with E-state index in [9.17, 15) is 4.79 Å². The molecule has 1 amide bonds. The lowest BCUT2D eigenvalue weighted by Gasteiger charge is -2.21. The third kappa shape index (κ3) is 3.96. The van der Waals surface area contributed by atoms with Gasteiger partial charge in [-0.1, -0.05) is 22.9 Å². The van der Waals surface area contributed by atoms with E-state index in [1.165, 1.54) is 0 Å². The summed E-state index contributed by atoms with van der Waals surface area (Å²) < 4.78 is 6.38. The summed E-state index contributed by atoms with van der Waals surface area (Å²) >= 11 is 3.45. The number of carbonyl (C=O) groups is 1. The van der Waals surface area contributed by atoms with E-state index in [1.54, 1.807) is 0 Å². The number of anilines is 2. The maximum Gasteiger partial charge on any atom is 0.231 e. The first-order valence-corrected chi connectivity index (χ1v) is 7.91. The highest BCUT2D eigenvalue weighted by atomic mass is 79.9. The van der Waals surface area contributed by atoms with Crippen LogP contribution in [0, 0.1) is 5.92 Å². The lowest BCUT2D eigenvalue weighted by atomic mass is 10.0. The SMILES string of the molecule is CCNC1COCC1C(=O)Nc1cc(Br)ccc1N(C)C. The summed E-state index contributed by atoms with van der Waals surface area (Å²) in [6.45, 7) is 3.92. The Balaban J connectivity index is 2.14. The van der Waals surface area contributed by atoms with Crippen molar-refractivity contribution in [3.8, 4) is 0 Å². The fraction of sp³-hybridized carbons (Fsp3) is 0.533. The maximum absolute atomic E-state index is 12.5. The largest absolute Gasteiger partial charge is 0.379 e. The van der Waals surface area contributed by atoms with E-state index in [2.05, 4.69) is 26.6 Å². The lowest BCUT2D eigenvalue weighted by molar-refractivity contribution is -0.120. The van der Waals surface area contributed by atoms with Gasteiger partial charge in [0.05, 0.1) is 30.5 Å². The molecule has 116 valence electrons. The lowest BCUT2D eigenvalue weighted by Crippen LogP contribution is -2.41. The second kappa shape index (κ2) is 7.24. The summed E-state index contributed by atoms with van der Waals surface area (Å²) in [4.78, 5) is 14.5. The van der Waals surface area contributed by atoms with Gasteiger partial charge in [-0.15, -0.1) is 0 Å².